The van der Waals surface area contributed by atoms with E-state index in [1.54, 1.807) is 0 Å². The van der Waals surface area contributed by atoms with Gasteiger partial charge in [-0.15, -0.1) is 0 Å². The summed E-state index contributed by atoms with van der Waals surface area (Å²) in [5.41, 5.74) is 1.14. The molecule has 0 atom stereocenters. The first-order chi connectivity index (χ1) is 5.46. The molecule has 3 nitrogen and oxygen atoms in total. The lowest BCUT2D eigenvalue weighted by Gasteiger charge is -2.14. The standard InChI is InChI=1S/C9H16N2O/c1-6-7(9(2,3)4)12-11-8(6)10-5/h1-5H3,(H,10,11). The Morgan fingerprint density at radius 2 is 1.92 bits per heavy atom. The van der Waals surface area contributed by atoms with Gasteiger partial charge in [0.1, 0.15) is 5.76 Å². The molecule has 12 heavy (non-hydrogen) atoms. The van der Waals surface area contributed by atoms with Crippen molar-refractivity contribution >= 4 is 5.82 Å². The average Bonchev–Trinajstić information content (AvgIpc) is 2.29. The first kappa shape index (κ1) is 9.10. The maximum atomic E-state index is 5.24. The third-order valence-corrected chi connectivity index (χ3v) is 1.84. The molecule has 0 aromatic carbocycles. The molecule has 0 fully saturated rings. The van der Waals surface area contributed by atoms with E-state index in [0.717, 1.165) is 17.1 Å². The summed E-state index contributed by atoms with van der Waals surface area (Å²) < 4.78 is 5.24. The van der Waals surface area contributed by atoms with Crippen LogP contribution >= 0.6 is 0 Å². The summed E-state index contributed by atoms with van der Waals surface area (Å²) in [6, 6.07) is 0. The molecule has 0 saturated heterocycles. The molecule has 0 bridgehead atoms. The summed E-state index contributed by atoms with van der Waals surface area (Å²) in [4.78, 5) is 0. The van der Waals surface area contributed by atoms with Crippen molar-refractivity contribution in [2.45, 2.75) is 33.1 Å². The van der Waals surface area contributed by atoms with E-state index in [9.17, 15) is 0 Å². The van der Waals surface area contributed by atoms with E-state index in [1.165, 1.54) is 0 Å². The highest BCUT2D eigenvalue weighted by atomic mass is 16.5. The summed E-state index contributed by atoms with van der Waals surface area (Å²) in [6.07, 6.45) is 0. The van der Waals surface area contributed by atoms with Gasteiger partial charge >= 0.3 is 0 Å². The van der Waals surface area contributed by atoms with Crippen LogP contribution in [0.4, 0.5) is 5.82 Å². The van der Waals surface area contributed by atoms with Crippen molar-refractivity contribution in [2.24, 2.45) is 0 Å². The topological polar surface area (TPSA) is 38.1 Å². The fourth-order valence-corrected chi connectivity index (χ4v) is 1.27. The van der Waals surface area contributed by atoms with Gasteiger partial charge in [0.25, 0.3) is 0 Å². The molecule has 1 rings (SSSR count). The molecular formula is C9H16N2O. The van der Waals surface area contributed by atoms with E-state index in [1.807, 2.05) is 14.0 Å². The van der Waals surface area contributed by atoms with Gasteiger partial charge in [-0.05, 0) is 6.92 Å². The monoisotopic (exact) mass is 168 g/mol. The zero-order chi connectivity index (χ0) is 9.35. The Labute approximate surface area is 73.1 Å². The van der Waals surface area contributed by atoms with Crippen molar-refractivity contribution in [3.8, 4) is 0 Å². The minimum Gasteiger partial charge on any atom is -0.370 e. The first-order valence-electron chi connectivity index (χ1n) is 4.11. The van der Waals surface area contributed by atoms with E-state index in [2.05, 4.69) is 31.2 Å². The number of nitrogens with zero attached hydrogens (tertiary/aromatic N) is 1. The van der Waals surface area contributed by atoms with Crippen LogP contribution in [-0.2, 0) is 5.41 Å². The zero-order valence-electron chi connectivity index (χ0n) is 8.36. The number of rotatable bonds is 1. The smallest absolute Gasteiger partial charge is 0.172 e. The highest BCUT2D eigenvalue weighted by Gasteiger charge is 2.23. The summed E-state index contributed by atoms with van der Waals surface area (Å²) in [7, 11) is 1.84. The first-order valence-corrected chi connectivity index (χ1v) is 4.11. The average molecular weight is 168 g/mol. The maximum Gasteiger partial charge on any atom is 0.172 e. The van der Waals surface area contributed by atoms with Gasteiger partial charge in [0, 0.05) is 18.0 Å². The van der Waals surface area contributed by atoms with Crippen molar-refractivity contribution in [3.63, 3.8) is 0 Å². The Morgan fingerprint density at radius 3 is 2.17 bits per heavy atom. The highest BCUT2D eigenvalue weighted by molar-refractivity contribution is 5.45. The van der Waals surface area contributed by atoms with Gasteiger partial charge in [-0.2, -0.15) is 0 Å². The van der Waals surface area contributed by atoms with Crippen molar-refractivity contribution in [1.82, 2.24) is 5.16 Å². The summed E-state index contributed by atoms with van der Waals surface area (Å²) >= 11 is 0. The van der Waals surface area contributed by atoms with E-state index < -0.39 is 0 Å². The largest absolute Gasteiger partial charge is 0.370 e. The molecule has 1 aromatic heterocycles. The Morgan fingerprint density at radius 1 is 1.33 bits per heavy atom. The van der Waals surface area contributed by atoms with Gasteiger partial charge in [0.2, 0.25) is 0 Å². The van der Waals surface area contributed by atoms with Gasteiger partial charge in [-0.1, -0.05) is 25.9 Å². The Hall–Kier alpha value is -0.990. The van der Waals surface area contributed by atoms with Gasteiger partial charge in [-0.25, -0.2) is 0 Å². The van der Waals surface area contributed by atoms with Gasteiger partial charge in [0.15, 0.2) is 5.82 Å². The van der Waals surface area contributed by atoms with Crippen molar-refractivity contribution in [2.75, 3.05) is 12.4 Å². The Kier molecular flexibility index (Phi) is 2.13. The zero-order valence-corrected chi connectivity index (χ0v) is 8.36. The Bertz CT molecular complexity index is 271. The molecule has 0 amide bonds. The molecule has 0 aliphatic carbocycles. The highest BCUT2D eigenvalue weighted by Crippen LogP contribution is 2.29. The van der Waals surface area contributed by atoms with E-state index in [0.29, 0.717) is 0 Å². The molecule has 3 heteroatoms. The molecule has 1 heterocycles. The van der Waals surface area contributed by atoms with Crippen LogP contribution in [0.5, 0.6) is 0 Å². The SMILES string of the molecule is CNc1noc(C(C)(C)C)c1C. The van der Waals surface area contributed by atoms with Crippen LogP contribution in [0.2, 0.25) is 0 Å². The fraction of sp³-hybridized carbons (Fsp3) is 0.667. The quantitative estimate of drug-likeness (QED) is 0.699. The van der Waals surface area contributed by atoms with Crippen LogP contribution in [0.15, 0.2) is 4.52 Å². The molecule has 0 radical (unpaired) electrons. The van der Waals surface area contributed by atoms with Crippen LogP contribution < -0.4 is 5.32 Å². The van der Waals surface area contributed by atoms with Crippen LogP contribution in [0.1, 0.15) is 32.1 Å². The van der Waals surface area contributed by atoms with Gasteiger partial charge in [0.05, 0.1) is 0 Å². The third kappa shape index (κ3) is 1.44. The number of nitrogens with one attached hydrogen (secondary N) is 1. The molecule has 0 spiro atoms. The molecule has 0 saturated carbocycles. The summed E-state index contributed by atoms with van der Waals surface area (Å²) in [5, 5.41) is 6.90. The predicted octanol–water partition coefficient (Wildman–Crippen LogP) is 2.32. The number of hydrogen-bond acceptors (Lipinski definition) is 3. The van der Waals surface area contributed by atoms with Gasteiger partial charge < -0.3 is 9.84 Å². The predicted molar refractivity (Wildman–Crippen MR) is 49.5 cm³/mol. The molecule has 1 aromatic rings. The lowest BCUT2D eigenvalue weighted by Crippen LogP contribution is -2.11. The van der Waals surface area contributed by atoms with Crippen LogP contribution in [-0.4, -0.2) is 12.2 Å². The normalized spacial score (nSPS) is 11.8. The lowest BCUT2D eigenvalue weighted by atomic mass is 9.91. The molecule has 0 unspecified atom stereocenters. The molecule has 1 N–H and O–H groups in total. The van der Waals surface area contributed by atoms with Gasteiger partial charge in [-0.3, -0.25) is 0 Å². The maximum absolute atomic E-state index is 5.24. The molecule has 68 valence electrons. The van der Waals surface area contributed by atoms with Crippen molar-refractivity contribution in [3.05, 3.63) is 11.3 Å². The minimum atomic E-state index is 0.0339. The lowest BCUT2D eigenvalue weighted by molar-refractivity contribution is 0.329. The second kappa shape index (κ2) is 2.81. The van der Waals surface area contributed by atoms with Crippen molar-refractivity contribution < 1.29 is 4.52 Å². The summed E-state index contributed by atoms with van der Waals surface area (Å²) in [6.45, 7) is 8.35. The summed E-state index contributed by atoms with van der Waals surface area (Å²) in [5.74, 6) is 1.78. The molecular weight excluding hydrogens is 152 g/mol. The van der Waals surface area contributed by atoms with Crippen LogP contribution in [0, 0.1) is 6.92 Å². The second-order valence-corrected chi connectivity index (χ2v) is 3.99. The number of aromatic nitrogens is 1. The fourth-order valence-electron chi connectivity index (χ4n) is 1.27. The second-order valence-electron chi connectivity index (χ2n) is 3.99. The van der Waals surface area contributed by atoms with E-state index >= 15 is 0 Å². The van der Waals surface area contributed by atoms with Crippen LogP contribution in [0.3, 0.4) is 0 Å². The Balaban J connectivity index is 3.11. The van der Waals surface area contributed by atoms with Crippen molar-refractivity contribution in [1.29, 1.82) is 0 Å². The molecule has 0 aliphatic heterocycles. The molecule has 0 aliphatic rings. The number of anilines is 1. The number of hydrogen-bond donors (Lipinski definition) is 1. The van der Waals surface area contributed by atoms with E-state index in [4.69, 9.17) is 4.52 Å². The van der Waals surface area contributed by atoms with E-state index in [-0.39, 0.29) is 5.41 Å². The third-order valence-electron chi connectivity index (χ3n) is 1.84. The van der Waals surface area contributed by atoms with Crippen LogP contribution in [0.25, 0.3) is 0 Å². The minimum absolute atomic E-state index is 0.0339.